The van der Waals surface area contributed by atoms with Crippen LogP contribution in [0.4, 0.5) is 10.7 Å². The number of methoxy groups -OCH3 is 1. The van der Waals surface area contributed by atoms with Crippen molar-refractivity contribution in [1.82, 2.24) is 9.78 Å². The summed E-state index contributed by atoms with van der Waals surface area (Å²) in [4.78, 5) is 11.8. The van der Waals surface area contributed by atoms with Gasteiger partial charge in [0.15, 0.2) is 0 Å². The maximum atomic E-state index is 11.6. The molecule has 0 atom stereocenters. The molecule has 8 heteroatoms. The maximum Gasteiger partial charge on any atom is 0.350 e. The molecule has 3 N–H and O–H groups in total. The van der Waals surface area contributed by atoms with Gasteiger partial charge in [-0.25, -0.2) is 4.79 Å². The zero-order valence-electron chi connectivity index (χ0n) is 11.9. The van der Waals surface area contributed by atoms with Gasteiger partial charge in [-0.2, -0.15) is 10.4 Å². The van der Waals surface area contributed by atoms with E-state index in [1.54, 1.807) is 4.68 Å². The highest BCUT2D eigenvalue weighted by Crippen LogP contribution is 2.35. The molecule has 0 spiro atoms. The van der Waals surface area contributed by atoms with Crippen LogP contribution in [0.25, 0.3) is 0 Å². The van der Waals surface area contributed by atoms with Gasteiger partial charge in [0.1, 0.15) is 21.5 Å². The standard InChI is InChI=1S/C13H15N5O2S/c1-7-8(6-18(2)17-7)5-16-12-9(4-14)10(15)11(21-12)13(19)20-3/h6,16H,5,15H2,1-3H3. The van der Waals surface area contributed by atoms with Crippen LogP contribution in [0, 0.1) is 18.3 Å². The monoisotopic (exact) mass is 305 g/mol. The fraction of sp³-hybridized carbons (Fsp3) is 0.308. The summed E-state index contributed by atoms with van der Waals surface area (Å²) in [6, 6.07) is 2.01. The average Bonchev–Trinajstić information content (AvgIpc) is 2.94. The van der Waals surface area contributed by atoms with Crippen molar-refractivity contribution in [2.45, 2.75) is 13.5 Å². The van der Waals surface area contributed by atoms with Gasteiger partial charge in [-0.3, -0.25) is 4.68 Å². The van der Waals surface area contributed by atoms with E-state index in [1.807, 2.05) is 26.2 Å². The molecule has 110 valence electrons. The van der Waals surface area contributed by atoms with Crippen LogP contribution in [0.5, 0.6) is 0 Å². The fourth-order valence-corrected chi connectivity index (χ4v) is 2.91. The van der Waals surface area contributed by atoms with Gasteiger partial charge in [0.05, 0.1) is 18.5 Å². The summed E-state index contributed by atoms with van der Waals surface area (Å²) in [6.07, 6.45) is 1.90. The van der Waals surface area contributed by atoms with E-state index in [0.717, 1.165) is 22.6 Å². The molecule has 0 unspecified atom stereocenters. The molecule has 0 aliphatic rings. The number of hydrogen-bond donors (Lipinski definition) is 2. The third-order valence-corrected chi connectivity index (χ3v) is 4.13. The van der Waals surface area contributed by atoms with E-state index < -0.39 is 5.97 Å². The number of carbonyl (C=O) groups is 1. The number of esters is 1. The number of carbonyl (C=O) groups excluding carboxylic acids is 1. The fourth-order valence-electron chi connectivity index (χ4n) is 1.92. The van der Waals surface area contributed by atoms with E-state index >= 15 is 0 Å². The first-order valence-corrected chi connectivity index (χ1v) is 6.93. The van der Waals surface area contributed by atoms with Crippen molar-refractivity contribution >= 4 is 28.0 Å². The number of ether oxygens (including phenoxy) is 1. The third kappa shape index (κ3) is 2.83. The number of hydrogen-bond acceptors (Lipinski definition) is 7. The van der Waals surface area contributed by atoms with Crippen LogP contribution < -0.4 is 11.1 Å². The lowest BCUT2D eigenvalue weighted by molar-refractivity contribution is 0.0607. The molecule has 0 saturated heterocycles. The molecule has 2 heterocycles. The van der Waals surface area contributed by atoms with Crippen molar-refractivity contribution in [1.29, 1.82) is 5.26 Å². The van der Waals surface area contributed by atoms with Crippen molar-refractivity contribution in [3.05, 3.63) is 27.9 Å². The second-order valence-corrected chi connectivity index (χ2v) is 5.44. The Morgan fingerprint density at radius 3 is 2.90 bits per heavy atom. The highest BCUT2D eigenvalue weighted by molar-refractivity contribution is 7.18. The van der Waals surface area contributed by atoms with Crippen molar-refractivity contribution in [2.24, 2.45) is 7.05 Å². The number of anilines is 2. The molecule has 0 aromatic carbocycles. The zero-order chi connectivity index (χ0) is 15.6. The molecule has 0 aliphatic heterocycles. The number of thiophene rings is 1. The average molecular weight is 305 g/mol. The molecule has 0 amide bonds. The summed E-state index contributed by atoms with van der Waals surface area (Å²) in [5.74, 6) is -0.542. The van der Waals surface area contributed by atoms with Crippen molar-refractivity contribution in [2.75, 3.05) is 18.2 Å². The van der Waals surface area contributed by atoms with Crippen LogP contribution in [-0.4, -0.2) is 22.9 Å². The second-order valence-electron chi connectivity index (χ2n) is 4.42. The summed E-state index contributed by atoms with van der Waals surface area (Å²) in [5.41, 5.74) is 8.15. The zero-order valence-corrected chi connectivity index (χ0v) is 12.7. The lowest BCUT2D eigenvalue weighted by Crippen LogP contribution is -2.02. The van der Waals surface area contributed by atoms with Gasteiger partial charge >= 0.3 is 5.97 Å². The Morgan fingerprint density at radius 2 is 2.38 bits per heavy atom. The van der Waals surface area contributed by atoms with Crippen LogP contribution in [-0.2, 0) is 18.3 Å². The molecule has 0 bridgehead atoms. The number of aryl methyl sites for hydroxylation is 2. The number of nitriles is 1. The van der Waals surface area contributed by atoms with Crippen molar-refractivity contribution < 1.29 is 9.53 Å². The van der Waals surface area contributed by atoms with Gasteiger partial charge in [0, 0.05) is 25.4 Å². The minimum atomic E-state index is -0.542. The van der Waals surface area contributed by atoms with Crippen LogP contribution >= 0.6 is 11.3 Å². The largest absolute Gasteiger partial charge is 0.465 e. The predicted octanol–water partition coefficient (Wildman–Crippen LogP) is 1.64. The Morgan fingerprint density at radius 1 is 1.67 bits per heavy atom. The maximum absolute atomic E-state index is 11.6. The number of rotatable bonds is 4. The van der Waals surface area contributed by atoms with Gasteiger partial charge in [-0.1, -0.05) is 0 Å². The summed E-state index contributed by atoms with van der Waals surface area (Å²) in [6.45, 7) is 2.40. The third-order valence-electron chi connectivity index (χ3n) is 2.98. The van der Waals surface area contributed by atoms with Crippen molar-refractivity contribution in [3.8, 4) is 6.07 Å². The van der Waals surface area contributed by atoms with Gasteiger partial charge in [0.2, 0.25) is 0 Å². The topological polar surface area (TPSA) is 106 Å². The Balaban J connectivity index is 2.26. The lowest BCUT2D eigenvalue weighted by atomic mass is 10.2. The van der Waals surface area contributed by atoms with Gasteiger partial charge in [0.25, 0.3) is 0 Å². The molecule has 21 heavy (non-hydrogen) atoms. The number of nitrogens with zero attached hydrogens (tertiary/aromatic N) is 3. The molecular formula is C13H15N5O2S. The van der Waals surface area contributed by atoms with Crippen molar-refractivity contribution in [3.63, 3.8) is 0 Å². The number of nitrogens with one attached hydrogen (secondary N) is 1. The van der Waals surface area contributed by atoms with E-state index in [-0.39, 0.29) is 16.1 Å². The first-order chi connectivity index (χ1) is 9.97. The van der Waals surface area contributed by atoms with Crippen LogP contribution in [0.2, 0.25) is 0 Å². The number of nitrogen functional groups attached to an aromatic ring is 1. The predicted molar refractivity (Wildman–Crippen MR) is 80.1 cm³/mol. The van der Waals surface area contributed by atoms with Gasteiger partial charge < -0.3 is 15.8 Å². The molecule has 2 aromatic rings. The Bertz CT molecular complexity index is 726. The summed E-state index contributed by atoms with van der Waals surface area (Å²) >= 11 is 1.11. The normalized spacial score (nSPS) is 10.2. The van der Waals surface area contributed by atoms with Gasteiger partial charge in [-0.15, -0.1) is 11.3 Å². The summed E-state index contributed by atoms with van der Waals surface area (Å²) < 4.78 is 6.38. The smallest absolute Gasteiger partial charge is 0.350 e. The minimum absolute atomic E-state index is 0.153. The van der Waals surface area contributed by atoms with Crippen LogP contribution in [0.3, 0.4) is 0 Å². The molecule has 2 aromatic heterocycles. The lowest BCUT2D eigenvalue weighted by Gasteiger charge is -2.02. The molecule has 0 radical (unpaired) electrons. The second kappa shape index (κ2) is 5.85. The minimum Gasteiger partial charge on any atom is -0.465 e. The van der Waals surface area contributed by atoms with Gasteiger partial charge in [-0.05, 0) is 6.92 Å². The molecule has 0 aliphatic carbocycles. The highest BCUT2D eigenvalue weighted by Gasteiger charge is 2.21. The van der Waals surface area contributed by atoms with E-state index in [4.69, 9.17) is 5.73 Å². The first-order valence-electron chi connectivity index (χ1n) is 6.11. The molecule has 0 saturated carbocycles. The molecule has 0 fully saturated rings. The van der Waals surface area contributed by atoms with Crippen LogP contribution in [0.15, 0.2) is 6.20 Å². The SMILES string of the molecule is COC(=O)c1sc(NCc2cn(C)nc2C)c(C#N)c1N. The Kier molecular flexibility index (Phi) is 4.14. The summed E-state index contributed by atoms with van der Waals surface area (Å²) in [5, 5.41) is 17.1. The first kappa shape index (κ1) is 14.9. The van der Waals surface area contributed by atoms with E-state index in [0.29, 0.717) is 11.5 Å². The van der Waals surface area contributed by atoms with E-state index in [2.05, 4.69) is 15.2 Å². The van der Waals surface area contributed by atoms with Crippen LogP contribution in [0.1, 0.15) is 26.5 Å². The number of aromatic nitrogens is 2. The highest BCUT2D eigenvalue weighted by atomic mass is 32.1. The molecule has 7 nitrogen and oxygen atoms in total. The Hall–Kier alpha value is -2.53. The molecular weight excluding hydrogens is 290 g/mol. The van der Waals surface area contributed by atoms with E-state index in [9.17, 15) is 10.1 Å². The molecule has 2 rings (SSSR count). The number of nitrogens with two attached hydrogens (primary N) is 1. The Labute approximate surface area is 125 Å². The summed E-state index contributed by atoms with van der Waals surface area (Å²) in [7, 11) is 3.12. The quantitative estimate of drug-likeness (QED) is 0.832. The van der Waals surface area contributed by atoms with E-state index in [1.165, 1.54) is 7.11 Å².